The SMILES string of the molecule is COCCOCCOC1CC(C)c2ccccc2C1N. The topological polar surface area (TPSA) is 53.7 Å². The summed E-state index contributed by atoms with van der Waals surface area (Å²) >= 11 is 0. The quantitative estimate of drug-likeness (QED) is 0.778. The second-order valence-electron chi connectivity index (χ2n) is 5.31. The number of hydrogen-bond acceptors (Lipinski definition) is 4. The Morgan fingerprint density at radius 3 is 2.55 bits per heavy atom. The van der Waals surface area contributed by atoms with Crippen molar-refractivity contribution in [3.63, 3.8) is 0 Å². The van der Waals surface area contributed by atoms with Crippen molar-refractivity contribution < 1.29 is 14.2 Å². The van der Waals surface area contributed by atoms with Crippen LogP contribution in [0.25, 0.3) is 0 Å². The highest BCUT2D eigenvalue weighted by atomic mass is 16.5. The summed E-state index contributed by atoms with van der Waals surface area (Å²) in [7, 11) is 1.67. The minimum atomic E-state index is -0.0404. The molecule has 3 unspecified atom stereocenters. The zero-order chi connectivity index (χ0) is 14.4. The summed E-state index contributed by atoms with van der Waals surface area (Å²) < 4.78 is 16.2. The molecular formula is C16H25NO3. The molecule has 20 heavy (non-hydrogen) atoms. The molecule has 2 rings (SSSR count). The number of nitrogens with two attached hydrogens (primary N) is 1. The summed E-state index contributed by atoms with van der Waals surface area (Å²) in [4.78, 5) is 0. The third kappa shape index (κ3) is 3.79. The Balaban J connectivity index is 1.82. The lowest BCUT2D eigenvalue weighted by molar-refractivity contribution is -0.0231. The van der Waals surface area contributed by atoms with E-state index in [2.05, 4.69) is 25.1 Å². The lowest BCUT2D eigenvalue weighted by atomic mass is 9.79. The van der Waals surface area contributed by atoms with Gasteiger partial charge < -0.3 is 19.9 Å². The predicted octanol–water partition coefficient (Wildman–Crippen LogP) is 2.24. The number of rotatable bonds is 7. The van der Waals surface area contributed by atoms with Crippen molar-refractivity contribution in [3.8, 4) is 0 Å². The van der Waals surface area contributed by atoms with Crippen LogP contribution in [0.3, 0.4) is 0 Å². The summed E-state index contributed by atoms with van der Waals surface area (Å²) in [6, 6.07) is 8.36. The summed E-state index contributed by atoms with van der Waals surface area (Å²) in [5.41, 5.74) is 8.91. The molecule has 0 radical (unpaired) electrons. The molecule has 3 atom stereocenters. The molecule has 0 aliphatic heterocycles. The molecule has 0 aromatic heterocycles. The number of ether oxygens (including phenoxy) is 3. The molecule has 1 aliphatic rings. The van der Waals surface area contributed by atoms with E-state index in [1.165, 1.54) is 11.1 Å². The van der Waals surface area contributed by atoms with Crippen molar-refractivity contribution in [2.75, 3.05) is 33.5 Å². The third-order valence-corrected chi connectivity index (χ3v) is 3.86. The van der Waals surface area contributed by atoms with Crippen LogP contribution in [0.5, 0.6) is 0 Å². The van der Waals surface area contributed by atoms with Crippen molar-refractivity contribution in [1.82, 2.24) is 0 Å². The molecule has 1 aromatic rings. The van der Waals surface area contributed by atoms with Crippen molar-refractivity contribution in [1.29, 1.82) is 0 Å². The van der Waals surface area contributed by atoms with E-state index >= 15 is 0 Å². The van der Waals surface area contributed by atoms with Crippen LogP contribution in [0.15, 0.2) is 24.3 Å². The van der Waals surface area contributed by atoms with Gasteiger partial charge in [-0.3, -0.25) is 0 Å². The van der Waals surface area contributed by atoms with Gasteiger partial charge in [0.1, 0.15) is 0 Å². The molecule has 0 heterocycles. The maximum absolute atomic E-state index is 6.33. The number of benzene rings is 1. The summed E-state index contributed by atoms with van der Waals surface area (Å²) in [5, 5.41) is 0. The monoisotopic (exact) mass is 279 g/mol. The molecule has 0 saturated heterocycles. The van der Waals surface area contributed by atoms with Crippen LogP contribution in [-0.2, 0) is 14.2 Å². The van der Waals surface area contributed by atoms with Gasteiger partial charge in [0.25, 0.3) is 0 Å². The first kappa shape index (κ1) is 15.4. The van der Waals surface area contributed by atoms with Gasteiger partial charge in [0, 0.05) is 7.11 Å². The largest absolute Gasteiger partial charge is 0.382 e. The standard InChI is InChI=1S/C16H25NO3/c1-12-11-15(20-10-9-19-8-7-18-2)16(17)14-6-4-3-5-13(12)14/h3-6,12,15-16H,7-11,17H2,1-2H3. The normalized spacial score (nSPS) is 25.4. The molecule has 4 heteroatoms. The average molecular weight is 279 g/mol. The fourth-order valence-electron chi connectivity index (χ4n) is 2.76. The molecule has 112 valence electrons. The van der Waals surface area contributed by atoms with Crippen LogP contribution in [0, 0.1) is 0 Å². The zero-order valence-electron chi connectivity index (χ0n) is 12.4. The van der Waals surface area contributed by atoms with Gasteiger partial charge in [-0.2, -0.15) is 0 Å². The Bertz CT molecular complexity index is 410. The maximum atomic E-state index is 6.33. The smallest absolute Gasteiger partial charge is 0.0774 e. The van der Waals surface area contributed by atoms with Crippen LogP contribution in [0.1, 0.15) is 36.4 Å². The van der Waals surface area contributed by atoms with E-state index in [-0.39, 0.29) is 12.1 Å². The van der Waals surface area contributed by atoms with Gasteiger partial charge in [-0.15, -0.1) is 0 Å². The van der Waals surface area contributed by atoms with Gasteiger partial charge in [0.2, 0.25) is 0 Å². The van der Waals surface area contributed by atoms with E-state index in [1.807, 2.05) is 6.07 Å². The van der Waals surface area contributed by atoms with Gasteiger partial charge in [-0.05, 0) is 23.5 Å². The molecule has 0 spiro atoms. The minimum Gasteiger partial charge on any atom is -0.382 e. The van der Waals surface area contributed by atoms with E-state index < -0.39 is 0 Å². The average Bonchev–Trinajstić information content (AvgIpc) is 2.47. The number of methoxy groups -OCH3 is 1. The minimum absolute atomic E-state index is 0.0404. The summed E-state index contributed by atoms with van der Waals surface area (Å²) in [5.74, 6) is 0.491. The fourth-order valence-corrected chi connectivity index (χ4v) is 2.76. The van der Waals surface area contributed by atoms with Crippen LogP contribution in [0.2, 0.25) is 0 Å². The Kier molecular flexibility index (Phi) is 5.98. The second-order valence-corrected chi connectivity index (χ2v) is 5.31. The molecule has 0 amide bonds. The molecular weight excluding hydrogens is 254 g/mol. The van der Waals surface area contributed by atoms with Crippen molar-refractivity contribution >= 4 is 0 Å². The Morgan fingerprint density at radius 2 is 1.80 bits per heavy atom. The highest BCUT2D eigenvalue weighted by Crippen LogP contribution is 2.37. The van der Waals surface area contributed by atoms with Crippen LogP contribution in [-0.4, -0.2) is 39.6 Å². The van der Waals surface area contributed by atoms with Crippen LogP contribution >= 0.6 is 0 Å². The van der Waals surface area contributed by atoms with Gasteiger partial charge in [0.15, 0.2) is 0 Å². The summed E-state index contributed by atoms with van der Waals surface area (Å²) in [6.07, 6.45) is 1.04. The van der Waals surface area contributed by atoms with Gasteiger partial charge >= 0.3 is 0 Å². The van der Waals surface area contributed by atoms with Gasteiger partial charge in [-0.25, -0.2) is 0 Å². The Labute approximate surface area is 121 Å². The molecule has 0 saturated carbocycles. The zero-order valence-corrected chi connectivity index (χ0v) is 12.4. The Morgan fingerprint density at radius 1 is 1.10 bits per heavy atom. The van der Waals surface area contributed by atoms with E-state index in [1.54, 1.807) is 7.11 Å². The fraction of sp³-hybridized carbons (Fsp3) is 0.625. The Hall–Kier alpha value is -0.940. The van der Waals surface area contributed by atoms with E-state index in [4.69, 9.17) is 19.9 Å². The van der Waals surface area contributed by atoms with Crippen LogP contribution in [0.4, 0.5) is 0 Å². The molecule has 4 nitrogen and oxygen atoms in total. The van der Waals surface area contributed by atoms with E-state index in [0.717, 1.165) is 6.42 Å². The van der Waals surface area contributed by atoms with Gasteiger partial charge in [-0.1, -0.05) is 31.2 Å². The molecule has 0 fully saturated rings. The van der Waals surface area contributed by atoms with E-state index in [0.29, 0.717) is 32.3 Å². The molecule has 0 bridgehead atoms. The second kappa shape index (κ2) is 7.74. The maximum Gasteiger partial charge on any atom is 0.0774 e. The molecule has 2 N–H and O–H groups in total. The first-order valence-electron chi connectivity index (χ1n) is 7.26. The highest BCUT2D eigenvalue weighted by Gasteiger charge is 2.30. The first-order valence-corrected chi connectivity index (χ1v) is 7.26. The third-order valence-electron chi connectivity index (χ3n) is 3.86. The lowest BCUT2D eigenvalue weighted by Gasteiger charge is -2.34. The summed E-state index contributed by atoms with van der Waals surface area (Å²) in [6.45, 7) is 4.62. The predicted molar refractivity (Wildman–Crippen MR) is 78.8 cm³/mol. The lowest BCUT2D eigenvalue weighted by Crippen LogP contribution is -2.35. The first-order chi connectivity index (χ1) is 9.74. The van der Waals surface area contributed by atoms with Gasteiger partial charge in [0.05, 0.1) is 38.6 Å². The number of fused-ring (bicyclic) bond motifs is 1. The van der Waals surface area contributed by atoms with Crippen molar-refractivity contribution in [2.24, 2.45) is 5.73 Å². The van der Waals surface area contributed by atoms with Crippen molar-refractivity contribution in [3.05, 3.63) is 35.4 Å². The van der Waals surface area contributed by atoms with Crippen LogP contribution < -0.4 is 5.73 Å². The molecule has 1 aliphatic carbocycles. The number of hydrogen-bond donors (Lipinski definition) is 1. The molecule has 1 aromatic carbocycles. The van der Waals surface area contributed by atoms with E-state index in [9.17, 15) is 0 Å². The van der Waals surface area contributed by atoms with Crippen molar-refractivity contribution in [2.45, 2.75) is 31.4 Å². The highest BCUT2D eigenvalue weighted by molar-refractivity contribution is 5.35.